The fourth-order valence-corrected chi connectivity index (χ4v) is 2.81. The van der Waals surface area contributed by atoms with Crippen LogP contribution in [-0.4, -0.2) is 52.7 Å². The van der Waals surface area contributed by atoms with Gasteiger partial charge >= 0.3 is 0 Å². The molecular weight excluding hydrogens is 292 g/mol. The molecule has 0 bridgehead atoms. The number of guanidine groups is 1. The van der Waals surface area contributed by atoms with Crippen molar-refractivity contribution in [3.63, 3.8) is 0 Å². The van der Waals surface area contributed by atoms with Crippen molar-refractivity contribution in [3.8, 4) is 0 Å². The summed E-state index contributed by atoms with van der Waals surface area (Å²) >= 11 is 0. The maximum atomic E-state index is 4.97. The van der Waals surface area contributed by atoms with Gasteiger partial charge in [0.2, 0.25) is 5.89 Å². The fourth-order valence-electron chi connectivity index (χ4n) is 2.81. The molecule has 0 radical (unpaired) electrons. The Morgan fingerprint density at radius 1 is 1.26 bits per heavy atom. The summed E-state index contributed by atoms with van der Waals surface area (Å²) in [6, 6.07) is 0. The summed E-state index contributed by atoms with van der Waals surface area (Å²) in [5.41, 5.74) is 0.110. The molecule has 0 unspecified atom stereocenters. The third kappa shape index (κ3) is 5.49. The molecule has 7 heteroatoms. The summed E-state index contributed by atoms with van der Waals surface area (Å²) < 4.78 is 4.97. The van der Waals surface area contributed by atoms with Crippen LogP contribution in [0.5, 0.6) is 0 Å². The normalized spacial score (nSPS) is 17.3. The van der Waals surface area contributed by atoms with Crippen molar-refractivity contribution >= 4 is 5.96 Å². The molecule has 130 valence electrons. The van der Waals surface area contributed by atoms with Crippen LogP contribution < -0.4 is 10.6 Å². The average Bonchev–Trinajstić information content (AvgIpc) is 2.96. The maximum absolute atomic E-state index is 4.97. The summed E-state index contributed by atoms with van der Waals surface area (Å²) in [5, 5.41) is 10.6. The van der Waals surface area contributed by atoms with E-state index < -0.39 is 0 Å². The van der Waals surface area contributed by atoms with Crippen molar-refractivity contribution < 1.29 is 4.52 Å². The van der Waals surface area contributed by atoms with Crippen LogP contribution in [0.4, 0.5) is 0 Å². The Kier molecular flexibility index (Phi) is 6.38. The van der Waals surface area contributed by atoms with E-state index in [1.54, 1.807) is 6.92 Å². The second-order valence-corrected chi connectivity index (χ2v) is 6.64. The Bertz CT molecular complexity index is 504. The first kappa shape index (κ1) is 17.7. The predicted molar refractivity (Wildman–Crippen MR) is 91.4 cm³/mol. The highest BCUT2D eigenvalue weighted by molar-refractivity contribution is 5.79. The molecule has 7 nitrogen and oxygen atoms in total. The second kappa shape index (κ2) is 8.29. The number of nitrogens with one attached hydrogen (secondary N) is 2. The smallest absolute Gasteiger partial charge is 0.223 e. The van der Waals surface area contributed by atoms with Crippen molar-refractivity contribution in [1.82, 2.24) is 25.7 Å². The monoisotopic (exact) mass is 322 g/mol. The van der Waals surface area contributed by atoms with Gasteiger partial charge in [-0.25, -0.2) is 4.99 Å². The Morgan fingerprint density at radius 2 is 2.00 bits per heavy atom. The highest BCUT2D eigenvalue weighted by Gasteiger charge is 2.27. The average molecular weight is 322 g/mol. The van der Waals surface area contributed by atoms with Crippen molar-refractivity contribution in [2.75, 3.05) is 26.2 Å². The van der Waals surface area contributed by atoms with Crippen LogP contribution >= 0.6 is 0 Å². The number of hydrogen-bond acceptors (Lipinski definition) is 5. The Morgan fingerprint density at radius 3 is 2.61 bits per heavy atom. The van der Waals surface area contributed by atoms with Gasteiger partial charge in [0.25, 0.3) is 0 Å². The Labute approximate surface area is 138 Å². The standard InChI is InChI=1S/C16H30N6O/c1-5-17-15(18-11-14-20-13(2)23-21-14)19-12-16(3,4)22-9-7-6-8-10-22/h5-12H2,1-4H3,(H2,17,18,19). The molecule has 2 N–H and O–H groups in total. The van der Waals surface area contributed by atoms with Gasteiger partial charge in [-0.2, -0.15) is 4.98 Å². The van der Waals surface area contributed by atoms with Crippen molar-refractivity contribution in [2.24, 2.45) is 4.99 Å². The Balaban J connectivity index is 1.90. The van der Waals surface area contributed by atoms with Crippen LogP contribution in [0.15, 0.2) is 9.52 Å². The second-order valence-electron chi connectivity index (χ2n) is 6.64. The number of aryl methyl sites for hydroxylation is 1. The van der Waals surface area contributed by atoms with Crippen molar-refractivity contribution in [2.45, 2.75) is 59.0 Å². The van der Waals surface area contributed by atoms with E-state index in [-0.39, 0.29) is 5.54 Å². The number of rotatable bonds is 6. The topological polar surface area (TPSA) is 78.6 Å². The molecule has 1 saturated heterocycles. The predicted octanol–water partition coefficient (Wildman–Crippen LogP) is 1.70. The molecule has 0 spiro atoms. The number of nitrogens with zero attached hydrogens (tertiary/aromatic N) is 4. The van der Waals surface area contributed by atoms with Gasteiger partial charge in [-0.05, 0) is 46.7 Å². The molecule has 0 aromatic carbocycles. The zero-order valence-electron chi connectivity index (χ0n) is 14.9. The van der Waals surface area contributed by atoms with Gasteiger partial charge in [0.15, 0.2) is 11.8 Å². The first-order chi connectivity index (χ1) is 11.0. The van der Waals surface area contributed by atoms with Gasteiger partial charge in [0.05, 0.1) is 0 Å². The molecule has 0 atom stereocenters. The van der Waals surface area contributed by atoms with E-state index in [0.29, 0.717) is 18.3 Å². The summed E-state index contributed by atoms with van der Waals surface area (Å²) in [7, 11) is 0. The van der Waals surface area contributed by atoms with Crippen LogP contribution in [0, 0.1) is 6.92 Å². The number of likely N-dealkylation sites (tertiary alicyclic amines) is 1. The molecular formula is C16H30N6O. The minimum atomic E-state index is 0.110. The van der Waals surface area contributed by atoms with E-state index in [2.05, 4.69) is 51.4 Å². The molecule has 0 saturated carbocycles. The van der Waals surface area contributed by atoms with Gasteiger partial charge < -0.3 is 15.2 Å². The lowest BCUT2D eigenvalue weighted by Crippen LogP contribution is -2.54. The zero-order valence-corrected chi connectivity index (χ0v) is 14.9. The SMILES string of the molecule is CCNC(=NCc1noc(C)n1)NCC(C)(C)N1CCCCC1. The zero-order chi connectivity index (χ0) is 16.7. The molecule has 1 aliphatic rings. The Hall–Kier alpha value is -1.63. The molecule has 23 heavy (non-hydrogen) atoms. The number of piperidine rings is 1. The molecule has 1 aliphatic heterocycles. The van der Waals surface area contributed by atoms with Crippen molar-refractivity contribution in [1.29, 1.82) is 0 Å². The highest BCUT2D eigenvalue weighted by Crippen LogP contribution is 2.19. The van der Waals surface area contributed by atoms with Gasteiger partial charge in [0, 0.05) is 25.6 Å². The first-order valence-corrected chi connectivity index (χ1v) is 8.57. The maximum Gasteiger partial charge on any atom is 0.223 e. The van der Waals surface area contributed by atoms with Crippen LogP contribution in [0.1, 0.15) is 51.7 Å². The van der Waals surface area contributed by atoms with E-state index in [0.717, 1.165) is 19.0 Å². The highest BCUT2D eigenvalue weighted by atomic mass is 16.5. The van der Waals surface area contributed by atoms with Crippen LogP contribution in [0.25, 0.3) is 0 Å². The minimum Gasteiger partial charge on any atom is -0.357 e. The summed E-state index contributed by atoms with van der Waals surface area (Å²) in [4.78, 5) is 11.3. The van der Waals surface area contributed by atoms with Gasteiger partial charge in [-0.1, -0.05) is 11.6 Å². The molecule has 1 aromatic rings. The van der Waals surface area contributed by atoms with E-state index in [1.807, 2.05) is 0 Å². The van der Waals surface area contributed by atoms with Gasteiger partial charge in [-0.15, -0.1) is 0 Å². The third-order valence-corrected chi connectivity index (χ3v) is 4.19. The molecule has 2 heterocycles. The van der Waals surface area contributed by atoms with E-state index >= 15 is 0 Å². The molecule has 1 aromatic heterocycles. The molecule has 2 rings (SSSR count). The van der Waals surface area contributed by atoms with Crippen LogP contribution in [0.2, 0.25) is 0 Å². The van der Waals surface area contributed by atoms with Gasteiger partial charge in [0.1, 0.15) is 6.54 Å². The van der Waals surface area contributed by atoms with E-state index in [4.69, 9.17) is 4.52 Å². The largest absolute Gasteiger partial charge is 0.357 e. The lowest BCUT2D eigenvalue weighted by Gasteiger charge is -2.41. The summed E-state index contributed by atoms with van der Waals surface area (Å²) in [6.45, 7) is 12.9. The molecule has 0 aliphatic carbocycles. The first-order valence-electron chi connectivity index (χ1n) is 8.57. The number of aromatic nitrogens is 2. The lowest BCUT2D eigenvalue weighted by molar-refractivity contribution is 0.0982. The van der Waals surface area contributed by atoms with Crippen LogP contribution in [0.3, 0.4) is 0 Å². The quantitative estimate of drug-likeness (QED) is 0.613. The fraction of sp³-hybridized carbons (Fsp3) is 0.812. The van der Waals surface area contributed by atoms with E-state index in [1.165, 1.54) is 32.4 Å². The minimum absolute atomic E-state index is 0.110. The van der Waals surface area contributed by atoms with Gasteiger partial charge in [-0.3, -0.25) is 4.90 Å². The van der Waals surface area contributed by atoms with Crippen molar-refractivity contribution in [3.05, 3.63) is 11.7 Å². The molecule has 1 fully saturated rings. The third-order valence-electron chi connectivity index (χ3n) is 4.19. The van der Waals surface area contributed by atoms with Crippen LogP contribution in [-0.2, 0) is 6.54 Å². The summed E-state index contributed by atoms with van der Waals surface area (Å²) in [5.74, 6) is 1.97. The molecule has 0 amide bonds. The number of aliphatic imine (C=N–C) groups is 1. The summed E-state index contributed by atoms with van der Waals surface area (Å²) in [6.07, 6.45) is 3.96. The van der Waals surface area contributed by atoms with E-state index in [9.17, 15) is 0 Å². The lowest BCUT2D eigenvalue weighted by atomic mass is 9.98. The number of hydrogen-bond donors (Lipinski definition) is 2.